The average Bonchev–Trinajstić information content (AvgIpc) is 3.48. The van der Waals surface area contributed by atoms with E-state index in [4.69, 9.17) is 10.5 Å². The molecule has 11 nitrogen and oxygen atoms in total. The van der Waals surface area contributed by atoms with Gasteiger partial charge in [0.15, 0.2) is 0 Å². The molecule has 3 aliphatic carbocycles. The molecule has 0 unspecified atom stereocenters. The molecule has 7 rings (SSSR count). The Balaban J connectivity index is 1.23. The Morgan fingerprint density at radius 1 is 1.08 bits per heavy atom. The highest BCUT2D eigenvalue weighted by molar-refractivity contribution is 5.97. The fraction of sp³-hybridized carbons (Fsp3) is 0.512. The SMILES string of the molecule is COc1c(CN2C[C@@H](N)C[C@H]2C(=O)N[C@H]2C[C@@H]3C[C@H]([C@@H]2C)C3(C)C)cccc1-c1cc(C(=O)N[C@@H](Cc2ccccc2)CN(C)C)cc([N+](=O)[O-])c1. The Bertz CT molecular complexity index is 1780. The lowest BCUT2D eigenvalue weighted by Crippen LogP contribution is -2.61. The van der Waals surface area contributed by atoms with Gasteiger partial charge in [-0.3, -0.25) is 24.6 Å². The number of nitrogens with one attached hydrogen (secondary N) is 2. The molecule has 2 amide bonds. The first-order valence-corrected chi connectivity index (χ1v) is 18.5. The lowest BCUT2D eigenvalue weighted by molar-refractivity contribution is -0.384. The number of methoxy groups -OCH3 is 1. The van der Waals surface area contributed by atoms with Crippen molar-refractivity contribution < 1.29 is 19.2 Å². The molecule has 52 heavy (non-hydrogen) atoms. The summed E-state index contributed by atoms with van der Waals surface area (Å²) in [7, 11) is 5.46. The van der Waals surface area contributed by atoms with E-state index >= 15 is 0 Å². The van der Waals surface area contributed by atoms with Crippen molar-refractivity contribution in [3.8, 4) is 16.9 Å². The number of non-ortho nitro benzene ring substituents is 1. The Kier molecular flexibility index (Phi) is 11.0. The lowest BCUT2D eigenvalue weighted by atomic mass is 9.45. The molecule has 4 fully saturated rings. The summed E-state index contributed by atoms with van der Waals surface area (Å²) in [6.45, 7) is 8.56. The Morgan fingerprint density at radius 2 is 1.83 bits per heavy atom. The number of benzene rings is 3. The molecule has 11 heteroatoms. The second-order valence-corrected chi connectivity index (χ2v) is 16.2. The molecule has 2 bridgehead atoms. The van der Waals surface area contributed by atoms with E-state index in [1.807, 2.05) is 67.5 Å². The van der Waals surface area contributed by atoms with Crippen LogP contribution >= 0.6 is 0 Å². The van der Waals surface area contributed by atoms with Crippen LogP contribution in [0.1, 0.15) is 61.5 Å². The maximum absolute atomic E-state index is 13.8. The molecule has 4 aliphatic rings. The van der Waals surface area contributed by atoms with Gasteiger partial charge in [-0.15, -0.1) is 0 Å². The van der Waals surface area contributed by atoms with Crippen LogP contribution in [0.2, 0.25) is 0 Å². The van der Waals surface area contributed by atoms with Crippen molar-refractivity contribution >= 4 is 17.5 Å². The van der Waals surface area contributed by atoms with E-state index in [9.17, 15) is 19.7 Å². The highest BCUT2D eigenvalue weighted by Gasteiger charge is 2.56. The largest absolute Gasteiger partial charge is 0.496 e. The molecule has 0 aromatic heterocycles. The van der Waals surface area contributed by atoms with Gasteiger partial charge >= 0.3 is 0 Å². The number of nitrogens with zero attached hydrogens (tertiary/aromatic N) is 3. The second-order valence-electron chi connectivity index (χ2n) is 16.2. The number of nitro benzene ring substituents is 1. The third-order valence-corrected chi connectivity index (χ3v) is 12.0. The normalized spacial score (nSPS) is 25.6. The molecule has 4 N–H and O–H groups in total. The number of fused-ring (bicyclic) bond motifs is 2. The number of hydrogen-bond donors (Lipinski definition) is 3. The lowest BCUT2D eigenvalue weighted by Gasteiger charge is -2.62. The van der Waals surface area contributed by atoms with E-state index in [0.717, 1.165) is 17.5 Å². The minimum atomic E-state index is -0.482. The fourth-order valence-electron chi connectivity index (χ4n) is 9.17. The summed E-state index contributed by atoms with van der Waals surface area (Å²) in [6, 6.07) is 19.5. The number of nitro groups is 1. The van der Waals surface area contributed by atoms with Crippen LogP contribution in [-0.2, 0) is 17.8 Å². The summed E-state index contributed by atoms with van der Waals surface area (Å²) in [6.07, 6.45) is 3.44. The minimum absolute atomic E-state index is 0.0215. The molecule has 7 atom stereocenters. The number of ether oxygens (including phenoxy) is 1. The van der Waals surface area contributed by atoms with E-state index in [0.29, 0.717) is 72.5 Å². The molecule has 278 valence electrons. The number of nitrogens with two attached hydrogens (primary N) is 1. The first kappa shape index (κ1) is 37.4. The molecular formula is C41H54N6O5. The number of likely N-dealkylation sites (N-methyl/N-ethyl adjacent to an activating group) is 1. The van der Waals surface area contributed by atoms with Gasteiger partial charge in [-0.2, -0.15) is 0 Å². The predicted octanol–water partition coefficient (Wildman–Crippen LogP) is 5.26. The molecule has 1 saturated heterocycles. The average molecular weight is 711 g/mol. The zero-order valence-electron chi connectivity index (χ0n) is 31.3. The zero-order chi connectivity index (χ0) is 37.3. The van der Waals surface area contributed by atoms with Crippen LogP contribution in [-0.4, -0.2) is 85.0 Å². The summed E-state index contributed by atoms with van der Waals surface area (Å²) < 4.78 is 5.98. The smallest absolute Gasteiger partial charge is 0.270 e. The molecule has 3 aromatic carbocycles. The fourth-order valence-corrected chi connectivity index (χ4v) is 9.17. The van der Waals surface area contributed by atoms with Gasteiger partial charge < -0.3 is 26.0 Å². The van der Waals surface area contributed by atoms with Crippen LogP contribution in [0.3, 0.4) is 0 Å². The van der Waals surface area contributed by atoms with Crippen LogP contribution < -0.4 is 21.1 Å². The third kappa shape index (κ3) is 7.86. The monoisotopic (exact) mass is 710 g/mol. The van der Waals surface area contributed by atoms with E-state index < -0.39 is 10.8 Å². The summed E-state index contributed by atoms with van der Waals surface area (Å²) in [5, 5.41) is 18.7. The number of amides is 2. The quantitative estimate of drug-likeness (QED) is 0.161. The van der Waals surface area contributed by atoms with Gasteiger partial charge in [-0.25, -0.2) is 0 Å². The van der Waals surface area contributed by atoms with Gasteiger partial charge in [0.25, 0.3) is 11.6 Å². The Labute approximate surface area is 307 Å². The Morgan fingerprint density at radius 3 is 2.48 bits per heavy atom. The van der Waals surface area contributed by atoms with Gasteiger partial charge in [-0.1, -0.05) is 69.3 Å². The van der Waals surface area contributed by atoms with Crippen molar-refractivity contribution in [1.82, 2.24) is 20.4 Å². The van der Waals surface area contributed by atoms with Crippen molar-refractivity contribution in [2.45, 2.75) is 77.2 Å². The van der Waals surface area contributed by atoms with Crippen molar-refractivity contribution in [3.63, 3.8) is 0 Å². The molecule has 3 saturated carbocycles. The minimum Gasteiger partial charge on any atom is -0.496 e. The van der Waals surface area contributed by atoms with Crippen molar-refractivity contribution in [1.29, 1.82) is 0 Å². The van der Waals surface area contributed by atoms with E-state index in [1.54, 1.807) is 13.2 Å². The third-order valence-electron chi connectivity index (χ3n) is 12.0. The molecule has 0 spiro atoms. The number of carbonyl (C=O) groups excluding carboxylic acids is 2. The van der Waals surface area contributed by atoms with E-state index in [2.05, 4.69) is 36.3 Å². The molecule has 1 heterocycles. The van der Waals surface area contributed by atoms with Crippen LogP contribution in [0.5, 0.6) is 5.75 Å². The highest BCUT2D eigenvalue weighted by Crippen LogP contribution is 2.61. The summed E-state index contributed by atoms with van der Waals surface area (Å²) >= 11 is 0. The number of likely N-dealkylation sites (tertiary alicyclic amines) is 1. The van der Waals surface area contributed by atoms with Crippen LogP contribution in [0.25, 0.3) is 11.1 Å². The number of hydrogen-bond acceptors (Lipinski definition) is 8. The summed E-state index contributed by atoms with van der Waals surface area (Å²) in [4.78, 5) is 43.4. The zero-order valence-corrected chi connectivity index (χ0v) is 31.3. The second kappa shape index (κ2) is 15.3. The maximum atomic E-state index is 13.8. The van der Waals surface area contributed by atoms with Crippen LogP contribution in [0, 0.1) is 33.3 Å². The number of rotatable bonds is 13. The van der Waals surface area contributed by atoms with Crippen LogP contribution in [0.15, 0.2) is 66.7 Å². The molecular weight excluding hydrogens is 656 g/mol. The predicted molar refractivity (Wildman–Crippen MR) is 203 cm³/mol. The first-order chi connectivity index (χ1) is 24.7. The highest BCUT2D eigenvalue weighted by atomic mass is 16.6. The Hall–Kier alpha value is -4.32. The molecule has 1 aliphatic heterocycles. The number of carbonyl (C=O) groups is 2. The van der Waals surface area contributed by atoms with Crippen molar-refractivity contribution in [3.05, 3.63) is 93.5 Å². The van der Waals surface area contributed by atoms with Gasteiger partial charge in [0.2, 0.25) is 5.91 Å². The van der Waals surface area contributed by atoms with Gasteiger partial charge in [-0.05, 0) is 80.1 Å². The summed E-state index contributed by atoms with van der Waals surface area (Å²) in [5.41, 5.74) is 9.81. The van der Waals surface area contributed by atoms with E-state index in [-0.39, 0.29) is 41.3 Å². The molecule has 0 radical (unpaired) electrons. The number of para-hydroxylation sites is 1. The van der Waals surface area contributed by atoms with Crippen molar-refractivity contribution in [2.24, 2.45) is 28.9 Å². The summed E-state index contributed by atoms with van der Waals surface area (Å²) in [5.74, 6) is 1.85. The standard InChI is InChI=1S/C41H54N6O5/c1-25-35-19-30(41(35,2)3)20-36(25)44-40(49)37-21-31(42)23-46(37)22-27-13-10-14-34(38(27)52-6)28-16-29(18-33(17-28)47(50)51)39(48)43-32(24-45(4)5)15-26-11-8-7-9-12-26/h7-14,16-18,25,30-32,35-37H,15,19-24,42H2,1-6H3,(H,43,48)(H,44,49)/t25-,30-,31-,32-,35+,36-,37-/m0/s1. The van der Waals surface area contributed by atoms with Gasteiger partial charge in [0, 0.05) is 66.6 Å². The maximum Gasteiger partial charge on any atom is 0.270 e. The molecule has 3 aromatic rings. The van der Waals surface area contributed by atoms with Gasteiger partial charge in [0.1, 0.15) is 5.75 Å². The van der Waals surface area contributed by atoms with Gasteiger partial charge in [0.05, 0.1) is 18.1 Å². The first-order valence-electron chi connectivity index (χ1n) is 18.5. The van der Waals surface area contributed by atoms with Crippen LogP contribution in [0.4, 0.5) is 5.69 Å². The topological polar surface area (TPSA) is 143 Å². The van der Waals surface area contributed by atoms with E-state index in [1.165, 1.54) is 18.6 Å². The van der Waals surface area contributed by atoms with Crippen molar-refractivity contribution in [2.75, 3.05) is 34.3 Å².